The van der Waals surface area contributed by atoms with Gasteiger partial charge in [-0.2, -0.15) is 0 Å². The minimum absolute atomic E-state index is 0.152. The normalized spacial score (nSPS) is 13.1. The average molecular weight is 373 g/mol. The second-order valence-electron chi connectivity index (χ2n) is 7.06. The van der Waals surface area contributed by atoms with Crippen LogP contribution >= 0.6 is 0 Å². The van der Waals surface area contributed by atoms with Crippen molar-refractivity contribution in [2.75, 3.05) is 25.6 Å². The SMILES string of the molecule is CCc1noc(CC)c1CNC(=NC)NCC(C)(C)CCS(C)(=O)=O. The molecule has 8 heteroatoms. The molecule has 0 amide bonds. The fourth-order valence-electron chi connectivity index (χ4n) is 2.40. The molecule has 0 fully saturated rings. The van der Waals surface area contributed by atoms with Crippen molar-refractivity contribution >= 4 is 15.8 Å². The Morgan fingerprint density at radius 1 is 1.24 bits per heavy atom. The maximum absolute atomic E-state index is 11.4. The summed E-state index contributed by atoms with van der Waals surface area (Å²) in [4.78, 5) is 4.24. The summed E-state index contributed by atoms with van der Waals surface area (Å²) in [5.41, 5.74) is 1.90. The van der Waals surface area contributed by atoms with Crippen molar-refractivity contribution in [2.45, 2.75) is 53.5 Å². The van der Waals surface area contributed by atoms with Crippen molar-refractivity contribution < 1.29 is 12.9 Å². The van der Waals surface area contributed by atoms with Crippen molar-refractivity contribution in [1.29, 1.82) is 0 Å². The van der Waals surface area contributed by atoms with E-state index in [4.69, 9.17) is 4.52 Å². The molecule has 144 valence electrons. The summed E-state index contributed by atoms with van der Waals surface area (Å²) < 4.78 is 28.1. The first kappa shape index (κ1) is 21.5. The first-order valence-electron chi connectivity index (χ1n) is 8.70. The second kappa shape index (κ2) is 9.22. The Morgan fingerprint density at radius 2 is 1.92 bits per heavy atom. The first-order valence-corrected chi connectivity index (χ1v) is 10.8. The van der Waals surface area contributed by atoms with Crippen LogP contribution in [0.4, 0.5) is 0 Å². The van der Waals surface area contributed by atoms with Crippen LogP contribution in [0.3, 0.4) is 0 Å². The molecule has 0 spiro atoms. The molecule has 7 nitrogen and oxygen atoms in total. The van der Waals surface area contributed by atoms with E-state index in [1.165, 1.54) is 6.26 Å². The number of hydrogen-bond acceptors (Lipinski definition) is 5. The zero-order valence-corrected chi connectivity index (χ0v) is 17.1. The molecule has 25 heavy (non-hydrogen) atoms. The molecule has 0 saturated heterocycles. The van der Waals surface area contributed by atoms with E-state index in [2.05, 4.69) is 27.7 Å². The smallest absolute Gasteiger partial charge is 0.191 e. The Bertz CT molecular complexity index is 657. The largest absolute Gasteiger partial charge is 0.361 e. The monoisotopic (exact) mass is 372 g/mol. The summed E-state index contributed by atoms with van der Waals surface area (Å²) in [7, 11) is -1.23. The number of hydrogen-bond donors (Lipinski definition) is 2. The van der Waals surface area contributed by atoms with Crippen molar-refractivity contribution in [3.05, 3.63) is 17.0 Å². The Morgan fingerprint density at radius 3 is 2.44 bits per heavy atom. The first-order chi connectivity index (χ1) is 11.6. The minimum Gasteiger partial charge on any atom is -0.361 e. The fourth-order valence-corrected chi connectivity index (χ4v) is 3.33. The number of nitrogens with zero attached hydrogens (tertiary/aromatic N) is 2. The van der Waals surface area contributed by atoms with Crippen molar-refractivity contribution in [2.24, 2.45) is 10.4 Å². The maximum atomic E-state index is 11.4. The van der Waals surface area contributed by atoms with E-state index in [0.717, 1.165) is 29.9 Å². The molecule has 2 N–H and O–H groups in total. The van der Waals surface area contributed by atoms with Gasteiger partial charge in [0.15, 0.2) is 5.96 Å². The van der Waals surface area contributed by atoms with Gasteiger partial charge in [-0.3, -0.25) is 4.99 Å². The standard InChI is InChI=1S/C17H32N4O3S/c1-7-14-13(15(8-2)24-21-14)11-19-16(18-5)20-12-17(3,4)9-10-25(6,22)23/h7-12H2,1-6H3,(H2,18,19,20). The van der Waals surface area contributed by atoms with Gasteiger partial charge in [0.1, 0.15) is 15.6 Å². The molecular weight excluding hydrogens is 340 g/mol. The molecule has 1 rings (SSSR count). The van der Waals surface area contributed by atoms with E-state index in [9.17, 15) is 8.42 Å². The zero-order chi connectivity index (χ0) is 19.1. The molecule has 0 aliphatic heterocycles. The lowest BCUT2D eigenvalue weighted by atomic mass is 9.90. The molecule has 0 radical (unpaired) electrons. The highest BCUT2D eigenvalue weighted by atomic mass is 32.2. The van der Waals surface area contributed by atoms with Crippen LogP contribution in [0.1, 0.15) is 51.1 Å². The third-order valence-corrected chi connectivity index (χ3v) is 5.09. The molecule has 0 aliphatic rings. The summed E-state index contributed by atoms with van der Waals surface area (Å²) in [6, 6.07) is 0. The molecule has 0 unspecified atom stereocenters. The van der Waals surface area contributed by atoms with Gasteiger partial charge in [-0.15, -0.1) is 0 Å². The van der Waals surface area contributed by atoms with Gasteiger partial charge < -0.3 is 15.2 Å². The Hall–Kier alpha value is -1.57. The van der Waals surface area contributed by atoms with Gasteiger partial charge in [0, 0.05) is 38.4 Å². The lowest BCUT2D eigenvalue weighted by molar-refractivity contribution is 0.348. The van der Waals surface area contributed by atoms with Crippen LogP contribution in [0.2, 0.25) is 0 Å². The van der Waals surface area contributed by atoms with Crippen molar-refractivity contribution in [3.63, 3.8) is 0 Å². The van der Waals surface area contributed by atoms with Gasteiger partial charge in [-0.05, 0) is 18.3 Å². The molecule has 0 atom stereocenters. The summed E-state index contributed by atoms with van der Waals surface area (Å²) in [5, 5.41) is 10.7. The van der Waals surface area contributed by atoms with Gasteiger partial charge in [0.25, 0.3) is 0 Å². The molecule has 1 aromatic rings. The number of aliphatic imine (C=N–C) groups is 1. The Balaban J connectivity index is 2.59. The second-order valence-corrected chi connectivity index (χ2v) is 9.32. The van der Waals surface area contributed by atoms with Crippen LogP contribution in [0.5, 0.6) is 0 Å². The van der Waals surface area contributed by atoms with Crippen LogP contribution in [0.15, 0.2) is 9.52 Å². The van der Waals surface area contributed by atoms with Gasteiger partial charge in [0.2, 0.25) is 0 Å². The van der Waals surface area contributed by atoms with E-state index >= 15 is 0 Å². The molecule has 0 saturated carbocycles. The molecule has 0 aliphatic carbocycles. The topological polar surface area (TPSA) is 96.6 Å². The van der Waals surface area contributed by atoms with Crippen LogP contribution < -0.4 is 10.6 Å². The van der Waals surface area contributed by atoms with Crippen LogP contribution in [-0.2, 0) is 29.2 Å². The van der Waals surface area contributed by atoms with E-state index in [-0.39, 0.29) is 11.2 Å². The Kier molecular flexibility index (Phi) is 7.92. The predicted octanol–water partition coefficient (Wildman–Crippen LogP) is 1.93. The van der Waals surface area contributed by atoms with E-state index in [1.54, 1.807) is 7.05 Å². The third kappa shape index (κ3) is 7.46. The number of sulfone groups is 1. The highest BCUT2D eigenvalue weighted by molar-refractivity contribution is 7.90. The fraction of sp³-hybridized carbons (Fsp3) is 0.765. The number of aryl methyl sites for hydroxylation is 2. The van der Waals surface area contributed by atoms with Crippen LogP contribution in [0, 0.1) is 5.41 Å². The summed E-state index contributed by atoms with van der Waals surface area (Å²) in [5.74, 6) is 1.76. The van der Waals surface area contributed by atoms with Gasteiger partial charge in [-0.25, -0.2) is 8.42 Å². The van der Waals surface area contributed by atoms with Crippen molar-refractivity contribution in [3.8, 4) is 0 Å². The van der Waals surface area contributed by atoms with Crippen molar-refractivity contribution in [1.82, 2.24) is 15.8 Å². The summed E-state index contributed by atoms with van der Waals surface area (Å²) in [6.07, 6.45) is 3.49. The Labute approximate surface area is 151 Å². The van der Waals surface area contributed by atoms with E-state index in [1.807, 2.05) is 20.8 Å². The number of rotatable bonds is 9. The van der Waals surface area contributed by atoms with Crippen LogP contribution in [0.25, 0.3) is 0 Å². The summed E-state index contributed by atoms with van der Waals surface area (Å²) in [6.45, 7) is 9.41. The predicted molar refractivity (Wildman–Crippen MR) is 102 cm³/mol. The van der Waals surface area contributed by atoms with Gasteiger partial charge in [-0.1, -0.05) is 32.9 Å². The van der Waals surface area contributed by atoms with Gasteiger partial charge >= 0.3 is 0 Å². The van der Waals surface area contributed by atoms with Gasteiger partial charge in [0.05, 0.1) is 11.4 Å². The lowest BCUT2D eigenvalue weighted by Crippen LogP contribution is -2.42. The third-order valence-electron chi connectivity index (χ3n) is 4.15. The molecular formula is C17H32N4O3S. The van der Waals surface area contributed by atoms with Crippen LogP contribution in [-0.4, -0.2) is 45.1 Å². The molecule has 1 aromatic heterocycles. The quantitative estimate of drug-likeness (QED) is 0.508. The number of nitrogens with one attached hydrogen (secondary N) is 2. The summed E-state index contributed by atoms with van der Waals surface area (Å²) >= 11 is 0. The highest BCUT2D eigenvalue weighted by Gasteiger charge is 2.21. The highest BCUT2D eigenvalue weighted by Crippen LogP contribution is 2.20. The minimum atomic E-state index is -2.95. The van der Waals surface area contributed by atoms with E-state index in [0.29, 0.717) is 25.5 Å². The maximum Gasteiger partial charge on any atom is 0.191 e. The molecule has 0 bridgehead atoms. The average Bonchev–Trinajstić information content (AvgIpc) is 2.94. The molecule has 0 aromatic carbocycles. The number of guanidine groups is 1. The molecule has 1 heterocycles. The number of aromatic nitrogens is 1. The van der Waals surface area contributed by atoms with E-state index < -0.39 is 9.84 Å². The zero-order valence-electron chi connectivity index (χ0n) is 16.3. The lowest BCUT2D eigenvalue weighted by Gasteiger charge is -2.25.